The average Bonchev–Trinajstić information content (AvgIpc) is 3.59. The molecule has 56 heavy (non-hydrogen) atoms. The lowest BCUT2D eigenvalue weighted by molar-refractivity contribution is -0.131. The molecule has 17 heteroatoms. The maximum absolute atomic E-state index is 13.3. The molecule has 3 aromatic rings. The Kier molecular flexibility index (Phi) is 15.5. The van der Waals surface area contributed by atoms with Gasteiger partial charge >= 0.3 is 18.2 Å². The Hall–Kier alpha value is -5.77. The third-order valence-electron chi connectivity index (χ3n) is 9.27. The van der Waals surface area contributed by atoms with E-state index in [1.165, 1.54) is 16.7 Å². The van der Waals surface area contributed by atoms with Crippen molar-refractivity contribution in [3.05, 3.63) is 65.7 Å². The maximum atomic E-state index is 13.3. The number of nitrogens with zero attached hydrogens (tertiary/aromatic N) is 2. The first-order valence-electron chi connectivity index (χ1n) is 18.3. The van der Waals surface area contributed by atoms with E-state index in [1.54, 1.807) is 52.2 Å². The van der Waals surface area contributed by atoms with Gasteiger partial charge in [-0.15, -0.1) is 11.6 Å². The van der Waals surface area contributed by atoms with Crippen molar-refractivity contribution in [2.24, 2.45) is 11.7 Å². The van der Waals surface area contributed by atoms with Crippen molar-refractivity contribution in [1.29, 1.82) is 0 Å². The number of anilines is 2. The molecule has 7 N–H and O–H groups in total. The summed E-state index contributed by atoms with van der Waals surface area (Å²) in [4.78, 5) is 77.6. The van der Waals surface area contributed by atoms with Gasteiger partial charge in [-0.05, 0) is 47.4 Å². The van der Waals surface area contributed by atoms with Gasteiger partial charge in [0, 0.05) is 81.8 Å². The van der Waals surface area contributed by atoms with Crippen LogP contribution in [0, 0.1) is 5.92 Å². The number of rotatable bonds is 17. The van der Waals surface area contributed by atoms with Crippen LogP contribution in [0.15, 0.2) is 54.6 Å². The van der Waals surface area contributed by atoms with E-state index in [0.717, 1.165) is 22.0 Å². The van der Waals surface area contributed by atoms with Gasteiger partial charge in [-0.3, -0.25) is 14.4 Å². The molecule has 0 unspecified atom stereocenters. The molecule has 1 aliphatic rings. The van der Waals surface area contributed by atoms with Gasteiger partial charge in [-0.2, -0.15) is 0 Å². The lowest BCUT2D eigenvalue weighted by atomic mass is 9.95. The number of carbonyl (C=O) groups excluding carboxylic acids is 6. The topological polar surface area (TPSA) is 214 Å². The van der Waals surface area contributed by atoms with E-state index in [4.69, 9.17) is 26.8 Å². The molecule has 0 saturated carbocycles. The lowest BCUT2D eigenvalue weighted by Crippen LogP contribution is -2.54. The molecule has 16 nitrogen and oxygen atoms in total. The van der Waals surface area contributed by atoms with Gasteiger partial charge in [0.1, 0.15) is 24.4 Å². The predicted molar refractivity (Wildman–Crippen MR) is 214 cm³/mol. The highest BCUT2D eigenvalue weighted by Crippen LogP contribution is 2.42. The van der Waals surface area contributed by atoms with Crippen LogP contribution < -0.4 is 37.1 Å². The Bertz CT molecular complexity index is 1890. The van der Waals surface area contributed by atoms with E-state index >= 15 is 0 Å². The van der Waals surface area contributed by atoms with Gasteiger partial charge in [0.15, 0.2) is 0 Å². The molecule has 0 bridgehead atoms. The molecule has 0 fully saturated rings. The van der Waals surface area contributed by atoms with Gasteiger partial charge in [0.05, 0.1) is 0 Å². The fourth-order valence-corrected chi connectivity index (χ4v) is 6.39. The van der Waals surface area contributed by atoms with Crippen molar-refractivity contribution in [3.8, 4) is 5.75 Å². The molecule has 0 radical (unpaired) electrons. The third-order valence-corrected chi connectivity index (χ3v) is 9.64. The number of hydrogen-bond acceptors (Lipinski definition) is 9. The Labute approximate surface area is 331 Å². The van der Waals surface area contributed by atoms with Crippen LogP contribution in [0.1, 0.15) is 50.7 Å². The van der Waals surface area contributed by atoms with Crippen molar-refractivity contribution in [2.75, 3.05) is 56.8 Å². The number of carbonyl (C=O) groups is 6. The molecule has 302 valence electrons. The highest BCUT2D eigenvalue weighted by Gasteiger charge is 2.29. The van der Waals surface area contributed by atoms with E-state index < -0.39 is 42.1 Å². The highest BCUT2D eigenvalue weighted by atomic mass is 35.5. The number of alkyl halides is 1. The zero-order chi connectivity index (χ0) is 40.9. The van der Waals surface area contributed by atoms with Crippen LogP contribution in [0.2, 0.25) is 0 Å². The van der Waals surface area contributed by atoms with Crippen LogP contribution in [0.4, 0.5) is 25.8 Å². The first-order valence-corrected chi connectivity index (χ1v) is 18.9. The zero-order valence-electron chi connectivity index (χ0n) is 32.3. The number of primary amides is 1. The molecule has 1 aliphatic heterocycles. The van der Waals surface area contributed by atoms with Gasteiger partial charge in [-0.1, -0.05) is 50.2 Å². The van der Waals surface area contributed by atoms with Crippen molar-refractivity contribution < 1.29 is 38.2 Å². The van der Waals surface area contributed by atoms with E-state index in [2.05, 4.69) is 26.6 Å². The molecule has 0 saturated heterocycles. The van der Waals surface area contributed by atoms with Crippen LogP contribution in [0.5, 0.6) is 5.75 Å². The lowest BCUT2D eigenvalue weighted by Gasteiger charge is -2.25. The minimum atomic E-state index is -0.982. The summed E-state index contributed by atoms with van der Waals surface area (Å²) in [5.41, 5.74) is 8.21. The molecular weight excluding hydrogens is 744 g/mol. The number of ether oxygens (including phenoxy) is 2. The normalized spacial score (nSPS) is 14.1. The number of nitrogens with one attached hydrogen (secondary N) is 5. The van der Waals surface area contributed by atoms with Gasteiger partial charge in [0.2, 0.25) is 17.7 Å². The molecule has 0 spiro atoms. The minimum Gasteiger partial charge on any atom is -0.445 e. The number of fused-ring (bicyclic) bond motifs is 3. The first kappa shape index (κ1) is 43.0. The largest absolute Gasteiger partial charge is 0.445 e. The Morgan fingerprint density at radius 1 is 0.929 bits per heavy atom. The summed E-state index contributed by atoms with van der Waals surface area (Å²) in [6.45, 7) is 6.06. The molecule has 1 heterocycles. The standard InChI is InChI=1S/C39H51ClN8O8/c1-23(2)34(44-24(3)49)36(51)46-30(11-8-16-42-37(41)52)35(50)45-27-14-12-25(13-15-27)22-55-38(53)47(4)17-18-48(5)39(54)56-32-19-31-33(26(20-40)21-43-31)29-10-7-6-9-28(29)32/h6-7,9-10,12-15,19,23,26,30,34,43H,8,11,16-18,20-22H2,1-5H3,(H,44,49)(H,45,50)(H,46,51)(H3,41,42,52)/t26-,30+,34+/m1/s1. The number of urea groups is 1. The number of benzene rings is 3. The Balaban J connectivity index is 1.27. The van der Waals surface area contributed by atoms with Crippen LogP contribution in [0.3, 0.4) is 0 Å². The smallest absolute Gasteiger partial charge is 0.415 e. The summed E-state index contributed by atoms with van der Waals surface area (Å²) in [6.07, 6.45) is -0.653. The SMILES string of the molecule is CC(=O)N[C@H](C(=O)N[C@@H](CCCNC(N)=O)C(=O)Nc1ccc(COC(=O)N(C)CCN(C)C(=O)Oc2cc3c(c4ccccc24)[C@H](CCl)CN3)cc1)C(C)C. The molecule has 0 aromatic heterocycles. The second-order valence-corrected chi connectivity index (χ2v) is 14.3. The second kappa shape index (κ2) is 20.2. The van der Waals surface area contributed by atoms with Crippen molar-refractivity contribution >= 4 is 69.7 Å². The summed E-state index contributed by atoms with van der Waals surface area (Å²) in [6, 6.07) is 13.6. The molecule has 3 aromatic carbocycles. The first-order chi connectivity index (χ1) is 26.7. The summed E-state index contributed by atoms with van der Waals surface area (Å²) < 4.78 is 11.3. The second-order valence-electron chi connectivity index (χ2n) is 14.0. The number of halogens is 1. The average molecular weight is 795 g/mol. The van der Waals surface area contributed by atoms with Gasteiger partial charge in [0.25, 0.3) is 0 Å². The van der Waals surface area contributed by atoms with Crippen LogP contribution in [-0.2, 0) is 25.7 Å². The Morgan fingerprint density at radius 3 is 2.21 bits per heavy atom. The number of hydrogen-bond donors (Lipinski definition) is 6. The van der Waals surface area contributed by atoms with Crippen molar-refractivity contribution in [2.45, 2.75) is 58.2 Å². The van der Waals surface area contributed by atoms with E-state index in [0.29, 0.717) is 35.8 Å². The Morgan fingerprint density at radius 2 is 1.59 bits per heavy atom. The molecular formula is C39H51ClN8O8. The predicted octanol–water partition coefficient (Wildman–Crippen LogP) is 4.32. The molecule has 0 aliphatic carbocycles. The van der Waals surface area contributed by atoms with Gasteiger partial charge < -0.3 is 51.6 Å². The fraction of sp³-hybridized carbons (Fsp3) is 0.436. The van der Waals surface area contributed by atoms with Crippen molar-refractivity contribution in [3.63, 3.8) is 0 Å². The highest BCUT2D eigenvalue weighted by molar-refractivity contribution is 6.18. The molecule has 4 rings (SSSR count). The quantitative estimate of drug-likeness (QED) is 0.0847. The van der Waals surface area contributed by atoms with E-state index in [-0.39, 0.29) is 50.4 Å². The molecule has 7 amide bonds. The van der Waals surface area contributed by atoms with E-state index in [9.17, 15) is 28.8 Å². The summed E-state index contributed by atoms with van der Waals surface area (Å²) in [5, 5.41) is 15.7. The number of amides is 7. The fourth-order valence-electron chi connectivity index (χ4n) is 6.13. The van der Waals surface area contributed by atoms with Crippen molar-refractivity contribution in [1.82, 2.24) is 25.8 Å². The monoisotopic (exact) mass is 794 g/mol. The van der Waals surface area contributed by atoms with Crippen LogP contribution in [-0.4, -0.2) is 104 Å². The third kappa shape index (κ3) is 11.9. The van der Waals surface area contributed by atoms with Crippen LogP contribution in [0.25, 0.3) is 10.8 Å². The summed E-state index contributed by atoms with van der Waals surface area (Å²) in [7, 11) is 3.15. The van der Waals surface area contributed by atoms with Gasteiger partial charge in [-0.25, -0.2) is 14.4 Å². The van der Waals surface area contributed by atoms with Crippen LogP contribution >= 0.6 is 11.6 Å². The minimum absolute atomic E-state index is 0.0510. The maximum Gasteiger partial charge on any atom is 0.415 e. The number of nitrogens with two attached hydrogens (primary N) is 1. The number of likely N-dealkylation sites (N-methyl/N-ethyl adjacent to an activating group) is 2. The summed E-state index contributed by atoms with van der Waals surface area (Å²) in [5.74, 6) is -0.584. The molecule has 3 atom stereocenters. The summed E-state index contributed by atoms with van der Waals surface area (Å²) >= 11 is 6.21. The van der Waals surface area contributed by atoms with E-state index in [1.807, 2.05) is 30.3 Å². The zero-order valence-corrected chi connectivity index (χ0v) is 33.0.